The first-order chi connectivity index (χ1) is 19.4. The first-order valence-corrected chi connectivity index (χ1v) is 12.8. The normalized spacial score (nSPS) is 12.9. The van der Waals surface area contributed by atoms with Crippen LogP contribution in [-0.2, 0) is 22.6 Å². The molecule has 8 heteroatoms. The van der Waals surface area contributed by atoms with Gasteiger partial charge in [-0.1, -0.05) is 91.0 Å². The van der Waals surface area contributed by atoms with E-state index in [1.807, 2.05) is 30.3 Å². The van der Waals surface area contributed by atoms with E-state index in [1.54, 1.807) is 84.9 Å². The second-order valence-corrected chi connectivity index (χ2v) is 9.26. The Labute approximate surface area is 232 Å². The van der Waals surface area contributed by atoms with E-state index in [0.29, 0.717) is 23.5 Å². The van der Waals surface area contributed by atoms with Crippen LogP contribution < -0.4 is 21.1 Å². The molecule has 8 nitrogen and oxygen atoms in total. The predicted molar refractivity (Wildman–Crippen MR) is 151 cm³/mol. The van der Waals surface area contributed by atoms with Gasteiger partial charge in [0.1, 0.15) is 18.4 Å². The second-order valence-electron chi connectivity index (χ2n) is 9.26. The summed E-state index contributed by atoms with van der Waals surface area (Å²) in [5.74, 6) is -1.40. The molecular formula is C32H31N3O5. The zero-order valence-corrected chi connectivity index (χ0v) is 21.8. The van der Waals surface area contributed by atoms with Crippen molar-refractivity contribution in [1.82, 2.24) is 10.6 Å². The van der Waals surface area contributed by atoms with Crippen molar-refractivity contribution >= 4 is 17.7 Å². The molecule has 0 aliphatic carbocycles. The average molecular weight is 538 g/mol. The summed E-state index contributed by atoms with van der Waals surface area (Å²) >= 11 is 0. The minimum atomic E-state index is -1.69. The zero-order chi connectivity index (χ0) is 28.3. The van der Waals surface area contributed by atoms with E-state index in [1.165, 1.54) is 0 Å². The van der Waals surface area contributed by atoms with Gasteiger partial charge >= 0.3 is 0 Å². The van der Waals surface area contributed by atoms with Gasteiger partial charge in [-0.05, 0) is 41.0 Å². The summed E-state index contributed by atoms with van der Waals surface area (Å²) < 4.78 is 5.80. The van der Waals surface area contributed by atoms with E-state index in [9.17, 15) is 19.5 Å². The second kappa shape index (κ2) is 13.7. The molecule has 4 aromatic rings. The van der Waals surface area contributed by atoms with E-state index in [4.69, 9.17) is 10.5 Å². The van der Waals surface area contributed by atoms with Gasteiger partial charge in [-0.2, -0.15) is 0 Å². The Morgan fingerprint density at radius 1 is 0.725 bits per heavy atom. The lowest BCUT2D eigenvalue weighted by atomic mass is 9.99. The number of benzene rings is 4. The van der Waals surface area contributed by atoms with Gasteiger partial charge < -0.3 is 26.2 Å². The van der Waals surface area contributed by atoms with Crippen molar-refractivity contribution in [2.45, 2.75) is 31.2 Å². The minimum Gasteiger partial charge on any atom is -0.489 e. The number of hydrogen-bond acceptors (Lipinski definition) is 5. The lowest BCUT2D eigenvalue weighted by Crippen LogP contribution is -2.52. The number of carbonyl (C=O) groups is 3. The van der Waals surface area contributed by atoms with Crippen LogP contribution in [0.1, 0.15) is 33.1 Å². The quantitative estimate of drug-likeness (QED) is 0.220. The fraction of sp³-hybridized carbons (Fsp3) is 0.156. The van der Waals surface area contributed by atoms with Crippen LogP contribution in [-0.4, -0.2) is 35.0 Å². The van der Waals surface area contributed by atoms with E-state index in [0.717, 1.165) is 11.1 Å². The topological polar surface area (TPSA) is 131 Å². The largest absolute Gasteiger partial charge is 0.489 e. The summed E-state index contributed by atoms with van der Waals surface area (Å²) in [5.41, 5.74) is 8.27. The maximum atomic E-state index is 13.1. The van der Waals surface area contributed by atoms with Crippen LogP contribution in [0.25, 0.3) is 0 Å². The molecule has 4 rings (SSSR count). The number of primary amides is 1. The maximum absolute atomic E-state index is 13.1. The number of nitrogens with one attached hydrogen (secondary N) is 2. The third-order valence-corrected chi connectivity index (χ3v) is 6.34. The van der Waals surface area contributed by atoms with Crippen LogP contribution >= 0.6 is 0 Å². The van der Waals surface area contributed by atoms with Gasteiger partial charge in [0.05, 0.1) is 6.04 Å². The number of amides is 3. The highest BCUT2D eigenvalue weighted by atomic mass is 16.5. The highest BCUT2D eigenvalue weighted by Gasteiger charge is 2.31. The molecule has 0 fully saturated rings. The van der Waals surface area contributed by atoms with Gasteiger partial charge in [-0.25, -0.2) is 0 Å². The van der Waals surface area contributed by atoms with Gasteiger partial charge in [0.25, 0.3) is 11.8 Å². The number of ether oxygens (including phenoxy) is 1. The summed E-state index contributed by atoms with van der Waals surface area (Å²) in [7, 11) is 0. The van der Waals surface area contributed by atoms with Crippen molar-refractivity contribution in [3.63, 3.8) is 0 Å². The van der Waals surface area contributed by atoms with Crippen molar-refractivity contribution in [2.24, 2.45) is 5.73 Å². The molecule has 0 bridgehead atoms. The van der Waals surface area contributed by atoms with Crippen LogP contribution in [0.15, 0.2) is 115 Å². The molecule has 0 heterocycles. The molecule has 5 N–H and O–H groups in total. The molecule has 0 unspecified atom stereocenters. The highest BCUT2D eigenvalue weighted by molar-refractivity contribution is 5.95. The molecule has 0 saturated heterocycles. The van der Waals surface area contributed by atoms with Crippen LogP contribution in [0.5, 0.6) is 5.75 Å². The van der Waals surface area contributed by atoms with Gasteiger partial charge in [0.2, 0.25) is 5.91 Å². The number of rotatable bonds is 12. The monoisotopic (exact) mass is 537 g/mol. The maximum Gasteiger partial charge on any atom is 0.252 e. The van der Waals surface area contributed by atoms with Gasteiger partial charge in [-0.3, -0.25) is 14.4 Å². The Morgan fingerprint density at radius 3 is 1.90 bits per heavy atom. The fourth-order valence-electron chi connectivity index (χ4n) is 4.15. The van der Waals surface area contributed by atoms with Crippen molar-refractivity contribution in [2.75, 3.05) is 0 Å². The van der Waals surface area contributed by atoms with Crippen LogP contribution in [0.2, 0.25) is 0 Å². The van der Waals surface area contributed by atoms with Crippen molar-refractivity contribution < 1.29 is 24.2 Å². The first-order valence-electron chi connectivity index (χ1n) is 12.8. The zero-order valence-electron chi connectivity index (χ0n) is 21.8. The molecule has 0 spiro atoms. The lowest BCUT2D eigenvalue weighted by molar-refractivity contribution is -0.134. The molecule has 0 aliphatic rings. The molecular weight excluding hydrogens is 506 g/mol. The fourth-order valence-corrected chi connectivity index (χ4v) is 4.15. The van der Waals surface area contributed by atoms with E-state index in [-0.39, 0.29) is 6.42 Å². The minimum absolute atomic E-state index is 0.110. The van der Waals surface area contributed by atoms with Gasteiger partial charge in [0, 0.05) is 12.0 Å². The Morgan fingerprint density at radius 2 is 1.30 bits per heavy atom. The Balaban J connectivity index is 1.41. The Hall–Kier alpha value is -4.95. The summed E-state index contributed by atoms with van der Waals surface area (Å²) in [6.45, 7) is 0.418. The van der Waals surface area contributed by atoms with Crippen LogP contribution in [0, 0.1) is 0 Å². The smallest absolute Gasteiger partial charge is 0.252 e. The van der Waals surface area contributed by atoms with E-state index in [2.05, 4.69) is 10.6 Å². The molecule has 3 amide bonds. The summed E-state index contributed by atoms with van der Waals surface area (Å²) in [4.78, 5) is 38.2. The molecule has 3 atom stereocenters. The molecule has 0 saturated carbocycles. The molecule has 0 aliphatic heterocycles. The molecule has 0 aromatic heterocycles. The molecule has 204 valence electrons. The molecule has 4 aromatic carbocycles. The number of aliphatic hydroxyl groups is 1. The summed E-state index contributed by atoms with van der Waals surface area (Å²) in [6.07, 6.45) is -1.58. The van der Waals surface area contributed by atoms with Crippen molar-refractivity contribution in [1.29, 1.82) is 0 Å². The van der Waals surface area contributed by atoms with Crippen LogP contribution in [0.4, 0.5) is 0 Å². The lowest BCUT2D eigenvalue weighted by Gasteiger charge is -2.26. The first kappa shape index (κ1) is 28.1. The third-order valence-electron chi connectivity index (χ3n) is 6.34. The van der Waals surface area contributed by atoms with Crippen LogP contribution in [0.3, 0.4) is 0 Å². The number of aliphatic hydroxyl groups excluding tert-OH is 1. The Kier molecular flexibility index (Phi) is 9.63. The molecule has 0 radical (unpaired) electrons. The van der Waals surface area contributed by atoms with Crippen molar-refractivity contribution in [3.05, 3.63) is 138 Å². The standard InChI is InChI=1S/C32H31N3O5/c33-30(37)27(20-22-16-18-26(19-17-22)40-21-23-10-4-1-5-11-23)34-32(39)29(36)28(24-12-6-2-7-13-24)35-31(38)25-14-8-3-9-15-25/h1-19,27-29,36H,20-21H2,(H2,33,37)(H,34,39)(H,35,38)/t27-,28-,29+/m0/s1. The predicted octanol–water partition coefficient (Wildman–Crippen LogP) is 3.31. The number of hydrogen-bond donors (Lipinski definition) is 4. The summed E-state index contributed by atoms with van der Waals surface area (Å²) in [5, 5.41) is 16.3. The number of carbonyl (C=O) groups excluding carboxylic acids is 3. The third kappa shape index (κ3) is 7.78. The summed E-state index contributed by atoms with van der Waals surface area (Å²) in [6, 6.07) is 31.9. The highest BCUT2D eigenvalue weighted by Crippen LogP contribution is 2.19. The van der Waals surface area contributed by atoms with Gasteiger partial charge in [-0.15, -0.1) is 0 Å². The molecule has 40 heavy (non-hydrogen) atoms. The number of nitrogens with two attached hydrogens (primary N) is 1. The van der Waals surface area contributed by atoms with E-state index < -0.39 is 35.9 Å². The van der Waals surface area contributed by atoms with Crippen molar-refractivity contribution in [3.8, 4) is 5.75 Å². The van der Waals surface area contributed by atoms with Gasteiger partial charge in [0.15, 0.2) is 6.10 Å². The average Bonchev–Trinajstić information content (AvgIpc) is 3.00. The SMILES string of the molecule is NC(=O)[C@H](Cc1ccc(OCc2ccccc2)cc1)NC(=O)[C@H](O)[C@@H](NC(=O)c1ccccc1)c1ccccc1. The van der Waals surface area contributed by atoms with E-state index >= 15 is 0 Å². The Bertz CT molecular complexity index is 1400.